The lowest BCUT2D eigenvalue weighted by Gasteiger charge is -2.24. The summed E-state index contributed by atoms with van der Waals surface area (Å²) in [5.41, 5.74) is 1.00. The smallest absolute Gasteiger partial charge is 0.307 e. The number of hydrogen-bond donors (Lipinski definition) is 2. The molecular formula is C16H19NO4. The Morgan fingerprint density at radius 3 is 2.57 bits per heavy atom. The number of carboxylic acid groups (broad SMARTS) is 1. The van der Waals surface area contributed by atoms with Crippen LogP contribution in [0.15, 0.2) is 30.3 Å². The van der Waals surface area contributed by atoms with Crippen LogP contribution in [0.25, 0.3) is 0 Å². The van der Waals surface area contributed by atoms with Gasteiger partial charge in [0, 0.05) is 6.61 Å². The van der Waals surface area contributed by atoms with Crippen molar-refractivity contribution >= 4 is 11.9 Å². The molecule has 3 rings (SSSR count). The molecule has 0 aromatic heterocycles. The van der Waals surface area contributed by atoms with Crippen LogP contribution in [-0.2, 0) is 14.3 Å². The Morgan fingerprint density at radius 1 is 1.24 bits per heavy atom. The zero-order valence-electron chi connectivity index (χ0n) is 11.7. The molecule has 1 aromatic carbocycles. The third-order valence-electron chi connectivity index (χ3n) is 4.24. The lowest BCUT2D eigenvalue weighted by Crippen LogP contribution is -2.37. The normalized spacial score (nSPS) is 28.9. The number of benzene rings is 1. The van der Waals surface area contributed by atoms with Gasteiger partial charge in [-0.05, 0) is 24.8 Å². The minimum atomic E-state index is -0.886. The van der Waals surface area contributed by atoms with E-state index in [1.165, 1.54) is 0 Å². The number of amides is 1. The van der Waals surface area contributed by atoms with Crippen LogP contribution in [0.2, 0.25) is 0 Å². The molecule has 1 aromatic rings. The maximum Gasteiger partial charge on any atom is 0.307 e. The highest BCUT2D eigenvalue weighted by Gasteiger charge is 2.49. The summed E-state index contributed by atoms with van der Waals surface area (Å²) in [6.45, 7) is 0.713. The standard InChI is InChI=1S/C16H19NO4/c18-15(11-9-12(11)16(19)20)17-14(13-7-4-8-21-13)10-5-2-1-3-6-10/h1-3,5-6,11-14H,4,7-9H2,(H,17,18)(H,19,20)/t11-,12+,13+,14-/m0/s1. The van der Waals surface area contributed by atoms with E-state index in [2.05, 4.69) is 5.32 Å². The molecule has 1 aliphatic carbocycles. The first kappa shape index (κ1) is 14.1. The van der Waals surface area contributed by atoms with Crippen molar-refractivity contribution in [1.29, 1.82) is 0 Å². The van der Waals surface area contributed by atoms with Crippen LogP contribution in [0.4, 0.5) is 0 Å². The molecule has 5 heteroatoms. The zero-order chi connectivity index (χ0) is 14.8. The van der Waals surface area contributed by atoms with Crippen LogP contribution in [-0.4, -0.2) is 29.7 Å². The molecule has 5 nitrogen and oxygen atoms in total. The van der Waals surface area contributed by atoms with Crippen molar-refractivity contribution in [2.24, 2.45) is 11.8 Å². The summed E-state index contributed by atoms with van der Waals surface area (Å²) in [5, 5.41) is 11.9. The highest BCUT2D eigenvalue weighted by atomic mass is 16.5. The summed E-state index contributed by atoms with van der Waals surface area (Å²) in [7, 11) is 0. The van der Waals surface area contributed by atoms with Gasteiger partial charge in [0.25, 0.3) is 0 Å². The second-order valence-corrected chi connectivity index (χ2v) is 5.74. The monoisotopic (exact) mass is 289 g/mol. The molecule has 112 valence electrons. The summed E-state index contributed by atoms with van der Waals surface area (Å²) in [5.74, 6) is -1.98. The largest absolute Gasteiger partial charge is 0.481 e. The third-order valence-corrected chi connectivity index (χ3v) is 4.24. The summed E-state index contributed by atoms with van der Waals surface area (Å²) in [6.07, 6.45) is 2.31. The zero-order valence-corrected chi connectivity index (χ0v) is 11.7. The van der Waals surface area contributed by atoms with Crippen molar-refractivity contribution < 1.29 is 19.4 Å². The third kappa shape index (κ3) is 3.08. The van der Waals surface area contributed by atoms with E-state index < -0.39 is 17.8 Å². The fraction of sp³-hybridized carbons (Fsp3) is 0.500. The molecule has 2 fully saturated rings. The number of carboxylic acids is 1. The van der Waals surface area contributed by atoms with Crippen molar-refractivity contribution in [3.63, 3.8) is 0 Å². The van der Waals surface area contributed by atoms with Gasteiger partial charge < -0.3 is 15.2 Å². The van der Waals surface area contributed by atoms with E-state index in [4.69, 9.17) is 9.84 Å². The van der Waals surface area contributed by atoms with Crippen LogP contribution in [0.1, 0.15) is 30.9 Å². The van der Waals surface area contributed by atoms with Crippen LogP contribution in [0, 0.1) is 11.8 Å². The molecule has 0 bridgehead atoms. The molecule has 4 atom stereocenters. The molecule has 1 saturated heterocycles. The maximum absolute atomic E-state index is 12.2. The summed E-state index contributed by atoms with van der Waals surface area (Å²) < 4.78 is 5.71. The molecule has 2 aliphatic rings. The lowest BCUT2D eigenvalue weighted by molar-refractivity contribution is -0.140. The average Bonchev–Trinajstić information content (AvgIpc) is 3.13. The SMILES string of the molecule is O=C(N[C@@H](c1ccccc1)[C@H]1CCCO1)[C@H]1C[C@H]1C(=O)O. The maximum atomic E-state index is 12.2. The molecule has 21 heavy (non-hydrogen) atoms. The molecular weight excluding hydrogens is 270 g/mol. The van der Waals surface area contributed by atoms with E-state index in [1.54, 1.807) is 0 Å². The summed E-state index contributed by atoms with van der Waals surface area (Å²) >= 11 is 0. The first-order valence-corrected chi connectivity index (χ1v) is 7.36. The molecule has 1 aliphatic heterocycles. The minimum Gasteiger partial charge on any atom is -0.481 e. The number of carbonyl (C=O) groups is 2. The molecule has 0 radical (unpaired) electrons. The van der Waals surface area contributed by atoms with Crippen molar-refractivity contribution in [2.75, 3.05) is 6.61 Å². The van der Waals surface area contributed by atoms with Gasteiger partial charge >= 0.3 is 5.97 Å². The lowest BCUT2D eigenvalue weighted by atomic mass is 9.99. The number of rotatable bonds is 5. The van der Waals surface area contributed by atoms with Gasteiger partial charge in [-0.25, -0.2) is 0 Å². The van der Waals surface area contributed by atoms with E-state index in [0.717, 1.165) is 18.4 Å². The van der Waals surface area contributed by atoms with E-state index in [-0.39, 0.29) is 18.1 Å². The first-order valence-electron chi connectivity index (χ1n) is 7.36. The Hall–Kier alpha value is -1.88. The van der Waals surface area contributed by atoms with Crippen LogP contribution >= 0.6 is 0 Å². The quantitative estimate of drug-likeness (QED) is 0.866. The van der Waals surface area contributed by atoms with Gasteiger partial charge in [0.2, 0.25) is 5.91 Å². The Bertz CT molecular complexity index is 524. The van der Waals surface area contributed by atoms with Crippen LogP contribution < -0.4 is 5.32 Å². The van der Waals surface area contributed by atoms with Crippen molar-refractivity contribution in [3.05, 3.63) is 35.9 Å². The van der Waals surface area contributed by atoms with Gasteiger partial charge in [0.15, 0.2) is 0 Å². The number of ether oxygens (including phenoxy) is 1. The molecule has 1 heterocycles. The van der Waals surface area contributed by atoms with Gasteiger partial charge in [0.05, 0.1) is 24.0 Å². The van der Waals surface area contributed by atoms with Gasteiger partial charge in [-0.15, -0.1) is 0 Å². The summed E-state index contributed by atoms with van der Waals surface area (Å²) in [6, 6.07) is 9.53. The fourth-order valence-corrected chi connectivity index (χ4v) is 2.93. The fourth-order valence-electron chi connectivity index (χ4n) is 2.93. The Labute approximate surface area is 123 Å². The van der Waals surface area contributed by atoms with E-state index in [9.17, 15) is 9.59 Å². The second-order valence-electron chi connectivity index (χ2n) is 5.74. The van der Waals surface area contributed by atoms with Crippen LogP contribution in [0.5, 0.6) is 0 Å². The van der Waals surface area contributed by atoms with Gasteiger partial charge in [-0.3, -0.25) is 9.59 Å². The molecule has 2 N–H and O–H groups in total. The Kier molecular flexibility index (Phi) is 3.92. The van der Waals surface area contributed by atoms with E-state index >= 15 is 0 Å². The predicted octanol–water partition coefficient (Wildman–Crippen LogP) is 1.74. The Morgan fingerprint density at radius 2 is 2.00 bits per heavy atom. The highest BCUT2D eigenvalue weighted by Crippen LogP contribution is 2.39. The molecule has 0 unspecified atom stereocenters. The number of hydrogen-bond acceptors (Lipinski definition) is 3. The van der Waals surface area contributed by atoms with Gasteiger partial charge in [-0.1, -0.05) is 30.3 Å². The average molecular weight is 289 g/mol. The number of aliphatic carboxylic acids is 1. The van der Waals surface area contributed by atoms with Gasteiger partial charge in [0.1, 0.15) is 0 Å². The number of nitrogens with one attached hydrogen (secondary N) is 1. The minimum absolute atomic E-state index is 0.0293. The van der Waals surface area contributed by atoms with Crippen molar-refractivity contribution in [3.8, 4) is 0 Å². The van der Waals surface area contributed by atoms with E-state index in [1.807, 2.05) is 30.3 Å². The second kappa shape index (κ2) is 5.85. The predicted molar refractivity (Wildman–Crippen MR) is 75.5 cm³/mol. The van der Waals surface area contributed by atoms with Crippen LogP contribution in [0.3, 0.4) is 0 Å². The number of carbonyl (C=O) groups excluding carboxylic acids is 1. The molecule has 1 saturated carbocycles. The topological polar surface area (TPSA) is 75.6 Å². The van der Waals surface area contributed by atoms with Crippen molar-refractivity contribution in [2.45, 2.75) is 31.4 Å². The molecule has 0 spiro atoms. The summed E-state index contributed by atoms with van der Waals surface area (Å²) in [4.78, 5) is 23.1. The molecule has 1 amide bonds. The Balaban J connectivity index is 1.71. The highest BCUT2D eigenvalue weighted by molar-refractivity contribution is 5.89. The first-order chi connectivity index (χ1) is 10.2. The van der Waals surface area contributed by atoms with Crippen molar-refractivity contribution in [1.82, 2.24) is 5.32 Å². The van der Waals surface area contributed by atoms with Gasteiger partial charge in [-0.2, -0.15) is 0 Å². The van der Waals surface area contributed by atoms with E-state index in [0.29, 0.717) is 13.0 Å².